The van der Waals surface area contributed by atoms with Crippen LogP contribution in [-0.4, -0.2) is 36.2 Å². The van der Waals surface area contributed by atoms with E-state index in [0.717, 1.165) is 34.8 Å². The minimum Gasteiger partial charge on any atom is -0.452 e. The number of aryl methyl sites for hydroxylation is 2. The summed E-state index contributed by atoms with van der Waals surface area (Å²) in [4.78, 5) is 36.5. The van der Waals surface area contributed by atoms with Gasteiger partial charge in [-0.15, -0.1) is 11.8 Å². The van der Waals surface area contributed by atoms with Crippen molar-refractivity contribution < 1.29 is 23.6 Å². The first kappa shape index (κ1) is 22.5. The molecule has 0 spiro atoms. The summed E-state index contributed by atoms with van der Waals surface area (Å²) >= 11 is 1.45. The van der Waals surface area contributed by atoms with Crippen LogP contribution in [0.2, 0.25) is 0 Å². The van der Waals surface area contributed by atoms with E-state index in [1.165, 1.54) is 11.8 Å². The number of nitrogens with zero attached hydrogens (tertiary/aromatic N) is 1. The number of aromatic nitrogens is 1. The van der Waals surface area contributed by atoms with Crippen LogP contribution in [0.25, 0.3) is 0 Å². The lowest BCUT2D eigenvalue weighted by Crippen LogP contribution is -2.41. The third-order valence-electron chi connectivity index (χ3n) is 4.06. The highest BCUT2D eigenvalue weighted by Gasteiger charge is 2.17. The third-order valence-corrected chi connectivity index (χ3v) is 5.16. The van der Waals surface area contributed by atoms with Crippen LogP contribution in [0.5, 0.6) is 0 Å². The Morgan fingerprint density at radius 2 is 1.97 bits per heavy atom. The summed E-state index contributed by atoms with van der Waals surface area (Å²) < 4.78 is 10.2. The number of urea groups is 1. The van der Waals surface area contributed by atoms with Gasteiger partial charge in [0, 0.05) is 22.8 Å². The minimum atomic E-state index is -0.687. The fraction of sp³-hybridized carbons (Fsp3) is 0.400. The van der Waals surface area contributed by atoms with E-state index in [9.17, 15) is 14.4 Å². The number of rotatable bonds is 9. The number of benzene rings is 1. The summed E-state index contributed by atoms with van der Waals surface area (Å²) in [5.74, 6) is 0.00898. The van der Waals surface area contributed by atoms with Crippen LogP contribution in [0.3, 0.4) is 0 Å². The van der Waals surface area contributed by atoms with Crippen molar-refractivity contribution in [1.29, 1.82) is 0 Å². The van der Waals surface area contributed by atoms with Crippen molar-refractivity contribution in [2.45, 2.75) is 44.3 Å². The van der Waals surface area contributed by atoms with Gasteiger partial charge in [0.05, 0.1) is 11.3 Å². The van der Waals surface area contributed by atoms with Crippen LogP contribution in [0, 0.1) is 13.8 Å². The normalized spacial score (nSPS) is 10.4. The first-order valence-electron chi connectivity index (χ1n) is 9.30. The van der Waals surface area contributed by atoms with Crippen molar-refractivity contribution in [3.8, 4) is 0 Å². The molecule has 0 saturated carbocycles. The number of carbonyl (C=O) groups is 3. The topological polar surface area (TPSA) is 111 Å². The average Bonchev–Trinajstić information content (AvgIpc) is 3.02. The van der Waals surface area contributed by atoms with Crippen LogP contribution in [0.4, 0.5) is 4.79 Å². The molecule has 2 N–H and O–H groups in total. The third kappa shape index (κ3) is 6.94. The van der Waals surface area contributed by atoms with Gasteiger partial charge in [-0.2, -0.15) is 0 Å². The lowest BCUT2D eigenvalue weighted by atomic mass is 10.2. The van der Waals surface area contributed by atoms with E-state index >= 15 is 0 Å². The highest BCUT2D eigenvalue weighted by atomic mass is 32.2. The molecule has 0 saturated heterocycles. The van der Waals surface area contributed by atoms with Gasteiger partial charge in [-0.1, -0.05) is 30.6 Å². The zero-order valence-corrected chi connectivity index (χ0v) is 17.6. The molecule has 156 valence electrons. The van der Waals surface area contributed by atoms with Crippen molar-refractivity contribution in [3.63, 3.8) is 0 Å². The van der Waals surface area contributed by atoms with Gasteiger partial charge in [-0.25, -0.2) is 9.59 Å². The molecular formula is C20H25N3O5S. The number of hydrogen-bond donors (Lipinski definition) is 2. The number of esters is 1. The molecule has 0 bridgehead atoms. The van der Waals surface area contributed by atoms with Crippen LogP contribution in [0.15, 0.2) is 33.7 Å². The van der Waals surface area contributed by atoms with E-state index in [1.807, 2.05) is 26.8 Å². The number of imide groups is 1. The zero-order valence-electron chi connectivity index (χ0n) is 16.7. The predicted octanol–water partition coefficient (Wildman–Crippen LogP) is 3.37. The molecule has 9 heteroatoms. The van der Waals surface area contributed by atoms with Crippen LogP contribution >= 0.6 is 11.8 Å². The van der Waals surface area contributed by atoms with Crippen molar-refractivity contribution in [3.05, 3.63) is 46.8 Å². The van der Waals surface area contributed by atoms with Crippen LogP contribution < -0.4 is 10.6 Å². The number of nitrogens with one attached hydrogen (secondary N) is 2. The monoisotopic (exact) mass is 419 g/mol. The Kier molecular flexibility index (Phi) is 8.72. The van der Waals surface area contributed by atoms with Gasteiger partial charge in [0.2, 0.25) is 0 Å². The quantitative estimate of drug-likeness (QED) is 0.364. The molecule has 0 aliphatic heterocycles. The molecule has 1 aromatic heterocycles. The molecule has 8 nitrogen and oxygen atoms in total. The maximum Gasteiger partial charge on any atom is 0.339 e. The van der Waals surface area contributed by atoms with Gasteiger partial charge in [-0.3, -0.25) is 10.1 Å². The van der Waals surface area contributed by atoms with E-state index in [1.54, 1.807) is 18.2 Å². The molecule has 0 unspecified atom stereocenters. The van der Waals surface area contributed by atoms with E-state index in [0.29, 0.717) is 17.9 Å². The lowest BCUT2D eigenvalue weighted by molar-refractivity contribution is -0.123. The molecular weight excluding hydrogens is 394 g/mol. The second-order valence-corrected chi connectivity index (χ2v) is 7.34. The van der Waals surface area contributed by atoms with Crippen LogP contribution in [-0.2, 0) is 15.3 Å². The summed E-state index contributed by atoms with van der Waals surface area (Å²) in [5, 5.41) is 8.61. The van der Waals surface area contributed by atoms with Gasteiger partial charge in [0.25, 0.3) is 5.91 Å². The van der Waals surface area contributed by atoms with Crippen molar-refractivity contribution >= 4 is 29.7 Å². The smallest absolute Gasteiger partial charge is 0.339 e. The van der Waals surface area contributed by atoms with Crippen molar-refractivity contribution in [1.82, 2.24) is 15.8 Å². The maximum absolute atomic E-state index is 12.4. The molecule has 0 aliphatic rings. The number of thioether (sulfide) groups is 1. The Balaban J connectivity index is 1.89. The first-order valence-corrected chi connectivity index (χ1v) is 10.3. The minimum absolute atomic E-state index is 0.351. The molecule has 0 fully saturated rings. The van der Waals surface area contributed by atoms with Crippen molar-refractivity contribution in [2.75, 3.05) is 13.2 Å². The van der Waals surface area contributed by atoms with Gasteiger partial charge in [-0.05, 0) is 32.4 Å². The summed E-state index contributed by atoms with van der Waals surface area (Å²) in [7, 11) is 0. The van der Waals surface area contributed by atoms with E-state index in [4.69, 9.17) is 9.26 Å². The largest absolute Gasteiger partial charge is 0.452 e. The summed E-state index contributed by atoms with van der Waals surface area (Å²) in [6.45, 7) is 5.64. The molecule has 29 heavy (non-hydrogen) atoms. The molecule has 0 atom stereocenters. The fourth-order valence-electron chi connectivity index (χ4n) is 2.41. The molecule has 0 aliphatic carbocycles. The molecule has 1 heterocycles. The fourth-order valence-corrected chi connectivity index (χ4v) is 3.61. The Bertz CT molecular complexity index is 846. The number of amides is 3. The first-order chi connectivity index (χ1) is 13.9. The van der Waals surface area contributed by atoms with E-state index in [2.05, 4.69) is 15.8 Å². The predicted molar refractivity (Wildman–Crippen MR) is 109 cm³/mol. The summed E-state index contributed by atoms with van der Waals surface area (Å²) in [5.41, 5.74) is 2.14. The number of ether oxygens (including phenoxy) is 1. The van der Waals surface area contributed by atoms with Gasteiger partial charge >= 0.3 is 12.0 Å². The number of unbranched alkanes of at least 4 members (excludes halogenated alkanes) is 1. The number of hydrogen-bond acceptors (Lipinski definition) is 7. The van der Waals surface area contributed by atoms with Crippen LogP contribution in [0.1, 0.15) is 47.1 Å². The second-order valence-electron chi connectivity index (χ2n) is 6.32. The van der Waals surface area contributed by atoms with Crippen molar-refractivity contribution in [2.24, 2.45) is 0 Å². The molecule has 3 amide bonds. The zero-order chi connectivity index (χ0) is 21.2. The van der Waals surface area contributed by atoms with Gasteiger partial charge < -0.3 is 14.6 Å². The Morgan fingerprint density at radius 3 is 2.66 bits per heavy atom. The summed E-state index contributed by atoms with van der Waals surface area (Å²) in [6, 6.07) is 6.38. The average molecular weight is 420 g/mol. The number of carbonyl (C=O) groups excluding carboxylic acids is 3. The molecule has 2 aromatic rings. The highest BCUT2D eigenvalue weighted by molar-refractivity contribution is 7.98. The van der Waals surface area contributed by atoms with E-state index in [-0.39, 0.29) is 0 Å². The lowest BCUT2D eigenvalue weighted by Gasteiger charge is -2.10. The van der Waals surface area contributed by atoms with Gasteiger partial charge in [0.1, 0.15) is 5.76 Å². The Morgan fingerprint density at radius 1 is 1.21 bits per heavy atom. The van der Waals surface area contributed by atoms with Gasteiger partial charge in [0.15, 0.2) is 6.61 Å². The Labute approximate surface area is 173 Å². The second kappa shape index (κ2) is 11.3. The molecule has 0 radical (unpaired) electrons. The summed E-state index contributed by atoms with van der Waals surface area (Å²) in [6.07, 6.45) is 1.75. The highest BCUT2D eigenvalue weighted by Crippen LogP contribution is 2.29. The van der Waals surface area contributed by atoms with E-state index < -0.39 is 24.5 Å². The molecule has 2 rings (SSSR count). The standard InChI is InChI=1S/C20H25N3O5S/c1-4-5-10-21-20(26)22-18(24)11-27-19(25)15-8-6-7-9-17(15)29-12-16-13(2)23-28-14(16)3/h6-9H,4-5,10-12H2,1-3H3,(H2,21,22,24,26). The maximum atomic E-state index is 12.4. The Hall–Kier alpha value is -2.81. The SMILES string of the molecule is CCCCNC(=O)NC(=O)COC(=O)c1ccccc1SCc1c(C)noc1C. The molecule has 1 aromatic carbocycles.